The Morgan fingerprint density at radius 3 is 2.46 bits per heavy atom. The van der Waals surface area contributed by atoms with Gasteiger partial charge in [-0.05, 0) is 30.3 Å². The van der Waals surface area contributed by atoms with E-state index in [0.29, 0.717) is 0 Å². The average molecular weight is 386 g/mol. The van der Waals surface area contributed by atoms with Crippen molar-refractivity contribution in [2.45, 2.75) is 6.18 Å². The van der Waals surface area contributed by atoms with Crippen LogP contribution in [0.3, 0.4) is 0 Å². The van der Waals surface area contributed by atoms with Gasteiger partial charge >= 0.3 is 6.18 Å². The van der Waals surface area contributed by atoms with Crippen LogP contribution in [0.2, 0.25) is 0 Å². The van der Waals surface area contributed by atoms with Gasteiger partial charge in [-0.15, -0.1) is 0 Å². The zero-order valence-electron chi connectivity index (χ0n) is 13.8. The first-order chi connectivity index (χ1) is 13.3. The molecule has 0 bridgehead atoms. The lowest BCUT2D eigenvalue weighted by Gasteiger charge is -2.12. The van der Waals surface area contributed by atoms with E-state index in [1.807, 2.05) is 0 Å². The molecule has 7 nitrogen and oxygen atoms in total. The number of benzene rings is 2. The molecule has 0 spiro atoms. The van der Waals surface area contributed by atoms with Crippen LogP contribution in [-0.2, 0) is 6.18 Å². The summed E-state index contributed by atoms with van der Waals surface area (Å²) in [6.45, 7) is 0. The van der Waals surface area contributed by atoms with Gasteiger partial charge in [0.2, 0.25) is 11.7 Å². The first kappa shape index (κ1) is 17.6. The number of ether oxygens (including phenoxy) is 1. The van der Waals surface area contributed by atoms with Gasteiger partial charge in [-0.25, -0.2) is 4.98 Å². The van der Waals surface area contributed by atoms with Crippen LogP contribution in [0.25, 0.3) is 21.8 Å². The van der Waals surface area contributed by atoms with E-state index in [1.165, 1.54) is 42.6 Å². The molecule has 0 aliphatic rings. The molecule has 2 aromatic carbocycles. The molecule has 0 radical (unpaired) electrons. The summed E-state index contributed by atoms with van der Waals surface area (Å²) in [6, 6.07) is 11.6. The van der Waals surface area contributed by atoms with Crippen molar-refractivity contribution >= 4 is 27.5 Å². The maximum absolute atomic E-state index is 13.2. The van der Waals surface area contributed by atoms with Crippen LogP contribution in [0.5, 0.6) is 11.6 Å². The second kappa shape index (κ2) is 6.41. The van der Waals surface area contributed by atoms with Crippen molar-refractivity contribution < 1.29 is 22.8 Å². The SMILES string of the molecule is O=[N+]([O-])c1ccc(Oc2nc(C(F)(F)F)nc3ccccc23)c2ncccc12. The van der Waals surface area contributed by atoms with Crippen molar-refractivity contribution in [2.24, 2.45) is 0 Å². The smallest absolute Gasteiger partial charge is 0.436 e. The van der Waals surface area contributed by atoms with Gasteiger partial charge in [-0.3, -0.25) is 15.1 Å². The van der Waals surface area contributed by atoms with Gasteiger partial charge in [-0.2, -0.15) is 18.2 Å². The minimum absolute atomic E-state index is 0.0400. The first-order valence-corrected chi connectivity index (χ1v) is 7.88. The highest BCUT2D eigenvalue weighted by molar-refractivity contribution is 5.93. The van der Waals surface area contributed by atoms with E-state index in [2.05, 4.69) is 15.0 Å². The minimum atomic E-state index is -4.77. The molecule has 0 atom stereocenters. The molecule has 0 N–H and O–H groups in total. The van der Waals surface area contributed by atoms with Crippen molar-refractivity contribution in [3.63, 3.8) is 0 Å². The van der Waals surface area contributed by atoms with Gasteiger partial charge in [0.1, 0.15) is 5.52 Å². The fraction of sp³-hybridized carbons (Fsp3) is 0.0556. The van der Waals surface area contributed by atoms with E-state index >= 15 is 0 Å². The van der Waals surface area contributed by atoms with Crippen LogP contribution >= 0.6 is 0 Å². The fourth-order valence-electron chi connectivity index (χ4n) is 2.73. The van der Waals surface area contributed by atoms with Gasteiger partial charge in [0, 0.05) is 12.3 Å². The number of para-hydroxylation sites is 1. The Labute approximate surface area is 154 Å². The molecule has 0 unspecified atom stereocenters. The van der Waals surface area contributed by atoms with Crippen molar-refractivity contribution in [1.29, 1.82) is 0 Å². The first-order valence-electron chi connectivity index (χ1n) is 7.88. The lowest BCUT2D eigenvalue weighted by molar-refractivity contribution is -0.383. The van der Waals surface area contributed by atoms with E-state index in [9.17, 15) is 23.3 Å². The molecule has 140 valence electrons. The zero-order chi connectivity index (χ0) is 19.9. The molecule has 0 fully saturated rings. The maximum Gasteiger partial charge on any atom is 0.451 e. The van der Waals surface area contributed by atoms with Crippen LogP contribution in [0, 0.1) is 10.1 Å². The summed E-state index contributed by atoms with van der Waals surface area (Å²) in [5, 5.41) is 11.7. The number of hydrogen-bond acceptors (Lipinski definition) is 6. The van der Waals surface area contributed by atoms with Crippen LogP contribution < -0.4 is 4.74 Å². The van der Waals surface area contributed by atoms with Crippen molar-refractivity contribution in [2.75, 3.05) is 0 Å². The number of aromatic nitrogens is 3. The van der Waals surface area contributed by atoms with E-state index in [4.69, 9.17) is 4.74 Å². The molecule has 4 aromatic rings. The van der Waals surface area contributed by atoms with Crippen LogP contribution in [0.1, 0.15) is 5.82 Å². The second-order valence-electron chi connectivity index (χ2n) is 5.71. The van der Waals surface area contributed by atoms with Gasteiger partial charge in [0.25, 0.3) is 5.69 Å². The maximum atomic E-state index is 13.2. The Morgan fingerprint density at radius 2 is 1.71 bits per heavy atom. The number of nitrogens with zero attached hydrogens (tertiary/aromatic N) is 4. The monoisotopic (exact) mass is 386 g/mol. The summed E-state index contributed by atoms with van der Waals surface area (Å²) in [6.07, 6.45) is -3.36. The largest absolute Gasteiger partial charge is 0.451 e. The third-order valence-electron chi connectivity index (χ3n) is 3.93. The molecule has 0 aliphatic carbocycles. The van der Waals surface area contributed by atoms with Crippen molar-refractivity contribution in [1.82, 2.24) is 15.0 Å². The summed E-state index contributed by atoms with van der Waals surface area (Å²) in [5.41, 5.74) is -0.00840. The number of non-ortho nitro benzene ring substituents is 1. The van der Waals surface area contributed by atoms with Gasteiger partial charge in [0.15, 0.2) is 5.75 Å². The van der Waals surface area contributed by atoms with E-state index in [0.717, 1.165) is 0 Å². The molecule has 2 aromatic heterocycles. The Morgan fingerprint density at radius 1 is 0.964 bits per heavy atom. The molecule has 0 saturated heterocycles. The lowest BCUT2D eigenvalue weighted by Crippen LogP contribution is -2.12. The highest BCUT2D eigenvalue weighted by Gasteiger charge is 2.36. The fourth-order valence-corrected chi connectivity index (χ4v) is 2.73. The van der Waals surface area contributed by atoms with Crippen molar-refractivity contribution in [3.05, 3.63) is 70.7 Å². The Hall–Kier alpha value is -3.82. The number of pyridine rings is 1. The molecule has 2 heterocycles. The number of hydrogen-bond donors (Lipinski definition) is 0. The number of rotatable bonds is 3. The molecular formula is C18H9F3N4O3. The molecule has 0 amide bonds. The number of fused-ring (bicyclic) bond motifs is 2. The normalized spacial score (nSPS) is 11.7. The highest BCUT2D eigenvalue weighted by Crippen LogP contribution is 2.37. The van der Waals surface area contributed by atoms with Crippen molar-refractivity contribution in [3.8, 4) is 11.6 Å². The molecule has 0 aliphatic heterocycles. The number of halogens is 3. The quantitative estimate of drug-likeness (QED) is 0.367. The van der Waals surface area contributed by atoms with Crippen LogP contribution in [0.4, 0.5) is 18.9 Å². The molecule has 28 heavy (non-hydrogen) atoms. The molecule has 4 rings (SSSR count). The third-order valence-corrected chi connectivity index (χ3v) is 3.93. The van der Waals surface area contributed by atoms with Gasteiger partial charge in [0.05, 0.1) is 21.2 Å². The Balaban J connectivity index is 1.92. The topological polar surface area (TPSA) is 91.0 Å². The third kappa shape index (κ3) is 3.04. The number of alkyl halides is 3. The average Bonchev–Trinajstić information content (AvgIpc) is 2.67. The number of nitro benzene ring substituents is 1. The standard InChI is InChI=1S/C18H9F3N4O3/c19-18(20,21)17-23-12-6-2-1-4-10(12)16(24-17)28-14-8-7-13(25(26)27)11-5-3-9-22-15(11)14/h1-9H. The summed E-state index contributed by atoms with van der Waals surface area (Å²) in [5.74, 6) is -1.63. The summed E-state index contributed by atoms with van der Waals surface area (Å²) >= 11 is 0. The van der Waals surface area contributed by atoms with E-state index in [-0.39, 0.29) is 39.1 Å². The van der Waals surface area contributed by atoms with E-state index < -0.39 is 16.9 Å². The Bertz CT molecular complexity index is 1230. The van der Waals surface area contributed by atoms with Crippen LogP contribution in [-0.4, -0.2) is 19.9 Å². The Kier molecular flexibility index (Phi) is 4.03. The predicted octanol–water partition coefficient (Wildman–Crippen LogP) is 4.90. The molecule has 0 saturated carbocycles. The molecular weight excluding hydrogens is 377 g/mol. The van der Waals surface area contributed by atoms with E-state index in [1.54, 1.807) is 12.1 Å². The van der Waals surface area contributed by atoms with Crippen LogP contribution in [0.15, 0.2) is 54.7 Å². The van der Waals surface area contributed by atoms with Gasteiger partial charge in [-0.1, -0.05) is 12.1 Å². The lowest BCUT2D eigenvalue weighted by atomic mass is 10.1. The second-order valence-corrected chi connectivity index (χ2v) is 5.71. The summed E-state index contributed by atoms with van der Waals surface area (Å²) in [7, 11) is 0. The summed E-state index contributed by atoms with van der Waals surface area (Å²) in [4.78, 5) is 21.7. The highest BCUT2D eigenvalue weighted by atomic mass is 19.4. The number of nitro groups is 1. The summed E-state index contributed by atoms with van der Waals surface area (Å²) < 4.78 is 45.1. The zero-order valence-corrected chi connectivity index (χ0v) is 13.8. The molecule has 10 heteroatoms. The minimum Gasteiger partial charge on any atom is -0.436 e. The van der Waals surface area contributed by atoms with Gasteiger partial charge < -0.3 is 4.74 Å². The predicted molar refractivity (Wildman–Crippen MR) is 93.0 cm³/mol.